The molecule has 2 heteroatoms. The lowest BCUT2D eigenvalue weighted by molar-refractivity contribution is 0.590. The molecule has 0 atom stereocenters. The zero-order valence-electron chi connectivity index (χ0n) is 27.8. The Kier molecular flexibility index (Phi) is 6.12. The van der Waals surface area contributed by atoms with Crippen molar-refractivity contribution in [2.75, 3.05) is 0 Å². The number of hydrogen-bond donors (Lipinski definition) is 1. The van der Waals surface area contributed by atoms with Gasteiger partial charge in [0.25, 0.3) is 0 Å². The van der Waals surface area contributed by atoms with Crippen LogP contribution in [0.4, 0.5) is 0 Å². The molecule has 0 saturated heterocycles. The maximum Gasteiger partial charge on any atom is 0.0710 e. The smallest absolute Gasteiger partial charge is 0.0710 e. The number of aromatic amines is 1. The van der Waals surface area contributed by atoms with Crippen LogP contribution in [-0.2, 0) is 21.7 Å². The molecular formula is C40H48N2. The van der Waals surface area contributed by atoms with Gasteiger partial charge in [-0.3, -0.25) is 0 Å². The number of H-pyrrole nitrogens is 1. The summed E-state index contributed by atoms with van der Waals surface area (Å²) in [7, 11) is 0. The Balaban J connectivity index is 1.78. The van der Waals surface area contributed by atoms with E-state index in [4.69, 9.17) is 0 Å². The molecule has 0 bridgehead atoms. The largest absolute Gasteiger partial charge is 0.353 e. The zero-order chi connectivity index (χ0) is 30.6. The molecule has 218 valence electrons. The quantitative estimate of drug-likeness (QED) is 0.208. The molecule has 0 amide bonds. The molecule has 2 aromatic heterocycles. The van der Waals surface area contributed by atoms with Gasteiger partial charge in [0.2, 0.25) is 0 Å². The van der Waals surface area contributed by atoms with E-state index in [1.165, 1.54) is 71.6 Å². The van der Waals surface area contributed by atoms with Crippen molar-refractivity contribution in [3.05, 3.63) is 89.0 Å². The second-order valence-electron chi connectivity index (χ2n) is 16.6. The fourth-order valence-corrected chi connectivity index (χ4v) is 6.27. The van der Waals surface area contributed by atoms with Crippen LogP contribution in [0, 0.1) is 0 Å². The Morgan fingerprint density at radius 3 is 1.29 bits per heavy atom. The van der Waals surface area contributed by atoms with Crippen molar-refractivity contribution in [1.82, 2.24) is 9.55 Å². The van der Waals surface area contributed by atoms with E-state index in [9.17, 15) is 0 Å². The highest BCUT2D eigenvalue weighted by molar-refractivity contribution is 6.14. The second kappa shape index (κ2) is 8.99. The van der Waals surface area contributed by atoms with Gasteiger partial charge in [-0.05, 0) is 92.4 Å². The van der Waals surface area contributed by atoms with Crippen LogP contribution in [0.25, 0.3) is 49.3 Å². The molecule has 0 aliphatic carbocycles. The van der Waals surface area contributed by atoms with Crippen molar-refractivity contribution in [2.24, 2.45) is 0 Å². The molecule has 2 nitrogen and oxygen atoms in total. The Morgan fingerprint density at radius 2 is 0.833 bits per heavy atom. The summed E-state index contributed by atoms with van der Waals surface area (Å²) in [5.74, 6) is 0. The molecule has 0 saturated carbocycles. The lowest BCUT2D eigenvalue weighted by Crippen LogP contribution is -2.12. The van der Waals surface area contributed by atoms with Crippen LogP contribution < -0.4 is 0 Å². The second-order valence-corrected chi connectivity index (χ2v) is 16.6. The summed E-state index contributed by atoms with van der Waals surface area (Å²) in [4.78, 5) is 3.87. The minimum Gasteiger partial charge on any atom is -0.353 e. The van der Waals surface area contributed by atoms with Crippen LogP contribution in [-0.4, -0.2) is 9.55 Å². The minimum atomic E-state index is 0.00569. The van der Waals surface area contributed by atoms with Gasteiger partial charge in [0.05, 0.1) is 22.2 Å². The molecule has 0 fully saturated rings. The third-order valence-electron chi connectivity index (χ3n) is 9.16. The minimum absolute atomic E-state index is 0.00569. The monoisotopic (exact) mass is 556 g/mol. The third-order valence-corrected chi connectivity index (χ3v) is 9.16. The van der Waals surface area contributed by atoms with Gasteiger partial charge in [0, 0.05) is 27.1 Å². The molecule has 0 aliphatic rings. The molecule has 0 aliphatic heterocycles. The number of aromatic nitrogens is 2. The van der Waals surface area contributed by atoms with Gasteiger partial charge in [0.15, 0.2) is 0 Å². The SMILES string of the molecule is CC(C)(C)c1ccc2[nH]c3c(-n4c5ccc(C(C)(C)C)cc5c5cc(C(C)(C)C)ccc54)cc(C(C)(C)C)cc3c2c1. The summed E-state index contributed by atoms with van der Waals surface area (Å²) < 4.78 is 2.52. The molecule has 6 aromatic rings. The Bertz CT molecular complexity index is 1930. The first-order valence-electron chi connectivity index (χ1n) is 15.5. The fourth-order valence-electron chi connectivity index (χ4n) is 6.27. The molecule has 4 aromatic carbocycles. The lowest BCUT2D eigenvalue weighted by Gasteiger charge is -2.22. The van der Waals surface area contributed by atoms with E-state index in [-0.39, 0.29) is 21.7 Å². The predicted octanol–water partition coefficient (Wildman–Crippen LogP) is 11.6. The van der Waals surface area contributed by atoms with Crippen LogP contribution in [0.5, 0.6) is 0 Å². The molecule has 2 heterocycles. The van der Waals surface area contributed by atoms with Crippen molar-refractivity contribution in [3.8, 4) is 5.69 Å². The first kappa shape index (κ1) is 28.6. The number of nitrogens with one attached hydrogen (secondary N) is 1. The molecule has 42 heavy (non-hydrogen) atoms. The average molecular weight is 557 g/mol. The normalized spacial score (nSPS) is 13.7. The van der Waals surface area contributed by atoms with Gasteiger partial charge in [-0.25, -0.2) is 0 Å². The summed E-state index contributed by atoms with van der Waals surface area (Å²) >= 11 is 0. The number of benzene rings is 4. The highest BCUT2D eigenvalue weighted by Gasteiger charge is 2.25. The van der Waals surface area contributed by atoms with Gasteiger partial charge in [0.1, 0.15) is 0 Å². The van der Waals surface area contributed by atoms with Gasteiger partial charge < -0.3 is 9.55 Å². The highest BCUT2D eigenvalue weighted by atomic mass is 15.0. The van der Waals surface area contributed by atoms with E-state index >= 15 is 0 Å². The Hall–Kier alpha value is -3.52. The van der Waals surface area contributed by atoms with E-state index in [1.807, 2.05) is 0 Å². The van der Waals surface area contributed by atoms with E-state index in [0.717, 1.165) is 0 Å². The van der Waals surface area contributed by atoms with Gasteiger partial charge in [-0.15, -0.1) is 0 Å². The van der Waals surface area contributed by atoms with Crippen molar-refractivity contribution >= 4 is 43.6 Å². The topological polar surface area (TPSA) is 20.7 Å². The van der Waals surface area contributed by atoms with Crippen LogP contribution in [0.2, 0.25) is 0 Å². The van der Waals surface area contributed by atoms with E-state index in [1.54, 1.807) is 0 Å². The molecule has 6 rings (SSSR count). The number of hydrogen-bond acceptors (Lipinski definition) is 0. The van der Waals surface area contributed by atoms with Crippen molar-refractivity contribution in [2.45, 2.75) is 105 Å². The zero-order valence-corrected chi connectivity index (χ0v) is 27.8. The Morgan fingerprint density at radius 1 is 0.429 bits per heavy atom. The lowest BCUT2D eigenvalue weighted by atomic mass is 9.84. The standard InChI is InChI=1S/C40H48N2/c1-37(2,3)24-13-16-32-28(19-24)31-22-27(40(10,11)12)23-35(36(31)41-32)42-33-17-14-25(38(4,5)6)20-29(33)30-21-26(39(7,8)9)15-18-34(30)42/h13-23,41H,1-12H3. The van der Waals surface area contributed by atoms with Gasteiger partial charge in [-0.1, -0.05) is 101 Å². The summed E-state index contributed by atoms with van der Waals surface area (Å²) in [5, 5.41) is 5.25. The van der Waals surface area contributed by atoms with E-state index < -0.39 is 0 Å². The number of nitrogens with zero attached hydrogens (tertiary/aromatic N) is 1. The van der Waals surface area contributed by atoms with Crippen LogP contribution in [0.3, 0.4) is 0 Å². The number of fused-ring (bicyclic) bond motifs is 6. The van der Waals surface area contributed by atoms with Crippen LogP contribution in [0.15, 0.2) is 66.7 Å². The molecule has 0 radical (unpaired) electrons. The summed E-state index contributed by atoms with van der Waals surface area (Å²) in [6.45, 7) is 27.7. The Labute approximate surface area is 252 Å². The molecule has 0 spiro atoms. The first-order valence-corrected chi connectivity index (χ1v) is 15.5. The van der Waals surface area contributed by atoms with Crippen molar-refractivity contribution < 1.29 is 0 Å². The van der Waals surface area contributed by atoms with Crippen LogP contribution >= 0.6 is 0 Å². The summed E-state index contributed by atoms with van der Waals surface area (Å²) in [6.07, 6.45) is 0. The maximum atomic E-state index is 3.87. The molecule has 1 N–H and O–H groups in total. The summed E-state index contributed by atoms with van der Waals surface area (Å²) in [5.41, 5.74) is 11.8. The first-order chi connectivity index (χ1) is 19.3. The van der Waals surface area contributed by atoms with E-state index in [2.05, 4.69) is 159 Å². The fraction of sp³-hybridized carbons (Fsp3) is 0.400. The van der Waals surface area contributed by atoms with E-state index in [0.29, 0.717) is 0 Å². The average Bonchev–Trinajstić information content (AvgIpc) is 3.40. The summed E-state index contributed by atoms with van der Waals surface area (Å²) in [6, 6.07) is 26.0. The molecule has 0 unspecified atom stereocenters. The predicted molar refractivity (Wildman–Crippen MR) is 185 cm³/mol. The third kappa shape index (κ3) is 4.64. The number of rotatable bonds is 1. The van der Waals surface area contributed by atoms with Crippen molar-refractivity contribution in [3.63, 3.8) is 0 Å². The van der Waals surface area contributed by atoms with Gasteiger partial charge in [-0.2, -0.15) is 0 Å². The maximum absolute atomic E-state index is 3.87. The van der Waals surface area contributed by atoms with Crippen molar-refractivity contribution in [1.29, 1.82) is 0 Å². The molecular weight excluding hydrogens is 508 g/mol. The highest BCUT2D eigenvalue weighted by Crippen LogP contribution is 2.42. The van der Waals surface area contributed by atoms with Crippen LogP contribution in [0.1, 0.15) is 105 Å². The van der Waals surface area contributed by atoms with Gasteiger partial charge >= 0.3 is 0 Å².